The van der Waals surface area contributed by atoms with E-state index in [0.29, 0.717) is 27.6 Å². The van der Waals surface area contributed by atoms with Crippen molar-refractivity contribution in [1.29, 1.82) is 0 Å². The van der Waals surface area contributed by atoms with Gasteiger partial charge in [-0.3, -0.25) is 9.79 Å². The number of nitrogens with zero attached hydrogens (tertiary/aromatic N) is 1. The SMILES string of the molecule is NC(C=O)/N=C(\c1cccc(Cl)c1)c1ccccc1Cl. The molecule has 0 aliphatic heterocycles. The maximum Gasteiger partial charge on any atom is 0.158 e. The molecular formula is C15H12Cl2N2O. The zero-order valence-corrected chi connectivity index (χ0v) is 12.0. The van der Waals surface area contributed by atoms with Gasteiger partial charge < -0.3 is 5.73 Å². The highest BCUT2D eigenvalue weighted by atomic mass is 35.5. The maximum absolute atomic E-state index is 10.8. The van der Waals surface area contributed by atoms with Crippen molar-refractivity contribution in [3.8, 4) is 0 Å². The van der Waals surface area contributed by atoms with Gasteiger partial charge in [0.15, 0.2) is 12.5 Å². The summed E-state index contributed by atoms with van der Waals surface area (Å²) in [4.78, 5) is 15.0. The van der Waals surface area contributed by atoms with Crippen molar-refractivity contribution in [3.05, 3.63) is 69.7 Å². The van der Waals surface area contributed by atoms with Gasteiger partial charge in [-0.1, -0.05) is 53.5 Å². The highest BCUT2D eigenvalue weighted by molar-refractivity contribution is 6.36. The largest absolute Gasteiger partial charge is 0.304 e. The van der Waals surface area contributed by atoms with Crippen LogP contribution in [0.15, 0.2) is 53.5 Å². The molecule has 0 saturated carbocycles. The molecule has 0 saturated heterocycles. The fourth-order valence-electron chi connectivity index (χ4n) is 1.77. The van der Waals surface area contributed by atoms with Gasteiger partial charge in [0.25, 0.3) is 0 Å². The number of rotatable bonds is 4. The Kier molecular flexibility index (Phi) is 4.90. The number of nitrogens with two attached hydrogens (primary N) is 1. The molecule has 2 aromatic carbocycles. The number of benzene rings is 2. The van der Waals surface area contributed by atoms with Crippen LogP contribution in [0, 0.1) is 0 Å². The van der Waals surface area contributed by atoms with E-state index in [1.807, 2.05) is 24.3 Å². The monoisotopic (exact) mass is 306 g/mol. The van der Waals surface area contributed by atoms with Crippen molar-refractivity contribution in [1.82, 2.24) is 0 Å². The first-order valence-corrected chi connectivity index (χ1v) is 6.67. The van der Waals surface area contributed by atoms with Crippen molar-refractivity contribution in [2.45, 2.75) is 6.17 Å². The minimum absolute atomic E-state index is 0.532. The molecule has 2 aromatic rings. The Hall–Kier alpha value is -1.68. The number of halogens is 2. The summed E-state index contributed by atoms with van der Waals surface area (Å²) in [5, 5.41) is 1.10. The highest BCUT2D eigenvalue weighted by Crippen LogP contribution is 2.22. The second kappa shape index (κ2) is 6.66. The molecule has 0 aromatic heterocycles. The average molecular weight is 307 g/mol. The molecule has 3 nitrogen and oxygen atoms in total. The van der Waals surface area contributed by atoms with Crippen molar-refractivity contribution in [2.24, 2.45) is 10.7 Å². The number of aliphatic imine (C=N–C) groups is 1. The van der Waals surface area contributed by atoms with Gasteiger partial charge in [-0.05, 0) is 18.2 Å². The van der Waals surface area contributed by atoms with Crippen LogP contribution >= 0.6 is 23.2 Å². The van der Waals surface area contributed by atoms with Crippen LogP contribution in [0.3, 0.4) is 0 Å². The molecule has 5 heteroatoms. The third-order valence-electron chi connectivity index (χ3n) is 2.64. The minimum Gasteiger partial charge on any atom is -0.304 e. The van der Waals surface area contributed by atoms with Gasteiger partial charge in [-0.2, -0.15) is 0 Å². The summed E-state index contributed by atoms with van der Waals surface area (Å²) >= 11 is 12.2. The topological polar surface area (TPSA) is 55.5 Å². The van der Waals surface area contributed by atoms with Gasteiger partial charge in [0.2, 0.25) is 0 Å². The van der Waals surface area contributed by atoms with Crippen LogP contribution in [-0.2, 0) is 4.79 Å². The lowest BCUT2D eigenvalue weighted by Crippen LogP contribution is -2.21. The third kappa shape index (κ3) is 3.45. The van der Waals surface area contributed by atoms with Crippen molar-refractivity contribution in [2.75, 3.05) is 0 Å². The Bertz CT molecular complexity index is 656. The summed E-state index contributed by atoms with van der Waals surface area (Å²) in [6.45, 7) is 0. The summed E-state index contributed by atoms with van der Waals surface area (Å²) in [6, 6.07) is 14.4. The summed E-state index contributed by atoms with van der Waals surface area (Å²) in [5.41, 5.74) is 7.60. The lowest BCUT2D eigenvalue weighted by molar-refractivity contribution is -0.108. The van der Waals surface area contributed by atoms with Crippen LogP contribution in [-0.4, -0.2) is 18.2 Å². The molecule has 20 heavy (non-hydrogen) atoms. The molecule has 1 unspecified atom stereocenters. The predicted molar refractivity (Wildman–Crippen MR) is 82.6 cm³/mol. The fourth-order valence-corrected chi connectivity index (χ4v) is 2.18. The lowest BCUT2D eigenvalue weighted by Gasteiger charge is -2.11. The second-order valence-electron chi connectivity index (χ2n) is 4.09. The summed E-state index contributed by atoms with van der Waals surface area (Å²) in [5.74, 6) is 0. The normalized spacial score (nSPS) is 13.1. The van der Waals surface area contributed by atoms with Crippen LogP contribution in [0.25, 0.3) is 0 Å². The molecule has 0 heterocycles. The van der Waals surface area contributed by atoms with E-state index >= 15 is 0 Å². The zero-order valence-electron chi connectivity index (χ0n) is 10.5. The smallest absolute Gasteiger partial charge is 0.158 e. The number of hydrogen-bond donors (Lipinski definition) is 1. The van der Waals surface area contributed by atoms with E-state index in [2.05, 4.69) is 4.99 Å². The van der Waals surface area contributed by atoms with Gasteiger partial charge in [0.05, 0.1) is 5.71 Å². The Labute approximate surface area is 127 Å². The number of carbonyl (C=O) groups is 1. The van der Waals surface area contributed by atoms with Gasteiger partial charge in [0, 0.05) is 21.2 Å². The maximum atomic E-state index is 10.8. The molecule has 0 aliphatic rings. The molecule has 2 rings (SSSR count). The molecule has 0 spiro atoms. The molecule has 0 radical (unpaired) electrons. The van der Waals surface area contributed by atoms with Crippen molar-refractivity contribution < 1.29 is 4.79 Å². The first kappa shape index (κ1) is 14.7. The number of aldehydes is 1. The predicted octanol–water partition coefficient (Wildman–Crippen LogP) is 3.31. The van der Waals surface area contributed by atoms with E-state index < -0.39 is 6.17 Å². The lowest BCUT2D eigenvalue weighted by atomic mass is 10.0. The van der Waals surface area contributed by atoms with Gasteiger partial charge in [-0.25, -0.2) is 0 Å². The summed E-state index contributed by atoms with van der Waals surface area (Å²) in [7, 11) is 0. The van der Waals surface area contributed by atoms with Crippen LogP contribution in [0.5, 0.6) is 0 Å². The highest BCUT2D eigenvalue weighted by Gasteiger charge is 2.12. The molecule has 0 amide bonds. The van der Waals surface area contributed by atoms with Crippen LogP contribution in [0.4, 0.5) is 0 Å². The van der Waals surface area contributed by atoms with Crippen LogP contribution < -0.4 is 5.73 Å². The molecule has 102 valence electrons. The second-order valence-corrected chi connectivity index (χ2v) is 4.94. The average Bonchev–Trinajstić information content (AvgIpc) is 2.45. The number of hydrogen-bond acceptors (Lipinski definition) is 3. The summed E-state index contributed by atoms with van der Waals surface area (Å²) in [6.07, 6.45) is -0.373. The fraction of sp³-hybridized carbons (Fsp3) is 0.0667. The molecule has 0 aliphatic carbocycles. The zero-order chi connectivity index (χ0) is 14.5. The van der Waals surface area contributed by atoms with E-state index in [0.717, 1.165) is 5.56 Å². The summed E-state index contributed by atoms with van der Waals surface area (Å²) < 4.78 is 0. The Morgan fingerprint density at radius 2 is 1.90 bits per heavy atom. The first-order valence-electron chi connectivity index (χ1n) is 5.91. The molecular weight excluding hydrogens is 295 g/mol. The Balaban J connectivity index is 2.60. The van der Waals surface area contributed by atoms with Gasteiger partial charge >= 0.3 is 0 Å². The van der Waals surface area contributed by atoms with Crippen LogP contribution in [0.2, 0.25) is 10.0 Å². The van der Waals surface area contributed by atoms with E-state index in [1.165, 1.54) is 0 Å². The van der Waals surface area contributed by atoms with Crippen molar-refractivity contribution in [3.63, 3.8) is 0 Å². The number of carbonyl (C=O) groups excluding carboxylic acids is 1. The van der Waals surface area contributed by atoms with Gasteiger partial charge in [-0.15, -0.1) is 0 Å². The van der Waals surface area contributed by atoms with Gasteiger partial charge in [0.1, 0.15) is 0 Å². The molecule has 2 N–H and O–H groups in total. The quantitative estimate of drug-likeness (QED) is 0.696. The van der Waals surface area contributed by atoms with Crippen LogP contribution in [0.1, 0.15) is 11.1 Å². The third-order valence-corrected chi connectivity index (χ3v) is 3.21. The van der Waals surface area contributed by atoms with E-state index in [1.54, 1.807) is 24.3 Å². The Morgan fingerprint density at radius 3 is 2.55 bits per heavy atom. The molecule has 1 atom stereocenters. The first-order chi connectivity index (χ1) is 9.61. The molecule has 0 fully saturated rings. The van der Waals surface area contributed by atoms with Crippen molar-refractivity contribution >= 4 is 35.2 Å². The minimum atomic E-state index is -0.944. The van der Waals surface area contributed by atoms with E-state index in [9.17, 15) is 4.79 Å². The van der Waals surface area contributed by atoms with E-state index in [4.69, 9.17) is 28.9 Å². The standard InChI is InChI=1S/C15H12Cl2N2O/c16-11-5-3-4-10(8-11)15(19-14(18)9-20)12-6-1-2-7-13(12)17/h1-9,14H,18H2/b19-15+. The molecule has 0 bridgehead atoms. The Morgan fingerprint density at radius 1 is 1.15 bits per heavy atom. The van der Waals surface area contributed by atoms with E-state index in [-0.39, 0.29) is 0 Å².